The Morgan fingerprint density at radius 3 is 2.75 bits per heavy atom. The van der Waals surface area contributed by atoms with Crippen molar-refractivity contribution in [3.8, 4) is 0 Å². The van der Waals surface area contributed by atoms with E-state index in [1.807, 2.05) is 13.0 Å². The molecule has 102 valence electrons. The Morgan fingerprint density at radius 1 is 1.20 bits per heavy atom. The summed E-state index contributed by atoms with van der Waals surface area (Å²) in [6.45, 7) is 1.91. The van der Waals surface area contributed by atoms with E-state index in [0.29, 0.717) is 38.3 Å². The average molecular weight is 326 g/mol. The minimum atomic E-state index is 0.443. The molecular formula is C12H9Cl2N5S. The van der Waals surface area contributed by atoms with Crippen molar-refractivity contribution in [2.45, 2.75) is 6.92 Å². The summed E-state index contributed by atoms with van der Waals surface area (Å²) in [5.41, 5.74) is 9.31. The van der Waals surface area contributed by atoms with Crippen molar-refractivity contribution < 1.29 is 0 Å². The number of fused-ring (bicyclic) bond motifs is 1. The van der Waals surface area contributed by atoms with E-state index in [1.54, 1.807) is 12.3 Å². The molecule has 2 heterocycles. The average Bonchev–Trinajstić information content (AvgIpc) is 2.89. The number of pyridine rings is 1. The van der Waals surface area contributed by atoms with Gasteiger partial charge in [0.05, 0.1) is 33.1 Å². The summed E-state index contributed by atoms with van der Waals surface area (Å²) in [4.78, 5) is 4.22. The van der Waals surface area contributed by atoms with Gasteiger partial charge in [0.1, 0.15) is 11.0 Å². The first kappa shape index (κ1) is 13.4. The van der Waals surface area contributed by atoms with E-state index in [4.69, 9.17) is 28.9 Å². The summed E-state index contributed by atoms with van der Waals surface area (Å²) in [6.07, 6.45) is 1.67. The molecule has 5 nitrogen and oxygen atoms in total. The van der Waals surface area contributed by atoms with Crippen LogP contribution in [-0.2, 0) is 0 Å². The van der Waals surface area contributed by atoms with Crippen molar-refractivity contribution in [3.63, 3.8) is 0 Å². The zero-order valence-electron chi connectivity index (χ0n) is 10.3. The number of anilines is 3. The first-order valence-corrected chi connectivity index (χ1v) is 7.15. The van der Waals surface area contributed by atoms with Crippen LogP contribution in [0.5, 0.6) is 0 Å². The van der Waals surface area contributed by atoms with Crippen molar-refractivity contribution in [1.29, 1.82) is 0 Å². The number of hydrogen-bond donors (Lipinski definition) is 2. The third-order valence-corrected chi connectivity index (χ3v) is 4.01. The molecule has 0 bridgehead atoms. The van der Waals surface area contributed by atoms with Gasteiger partial charge in [-0.25, -0.2) is 4.98 Å². The number of nitrogens with one attached hydrogen (secondary N) is 1. The largest absolute Gasteiger partial charge is 0.396 e. The van der Waals surface area contributed by atoms with Gasteiger partial charge >= 0.3 is 0 Å². The van der Waals surface area contributed by atoms with Gasteiger partial charge in [0.25, 0.3) is 0 Å². The first-order valence-electron chi connectivity index (χ1n) is 5.66. The second-order valence-corrected chi connectivity index (χ2v) is 5.53. The molecular weight excluding hydrogens is 317 g/mol. The molecule has 0 radical (unpaired) electrons. The summed E-state index contributed by atoms with van der Waals surface area (Å²) in [6, 6.07) is 3.46. The van der Waals surface area contributed by atoms with Gasteiger partial charge in [-0.05, 0) is 24.6 Å². The minimum Gasteiger partial charge on any atom is -0.396 e. The van der Waals surface area contributed by atoms with E-state index in [-0.39, 0.29) is 0 Å². The predicted molar refractivity (Wildman–Crippen MR) is 84.1 cm³/mol. The highest BCUT2D eigenvalue weighted by atomic mass is 35.5. The minimum absolute atomic E-state index is 0.443. The highest BCUT2D eigenvalue weighted by Gasteiger charge is 2.15. The second-order valence-electron chi connectivity index (χ2n) is 4.19. The summed E-state index contributed by atoms with van der Waals surface area (Å²) in [5, 5.41) is 4.02. The molecule has 0 unspecified atom stereocenters. The molecule has 1 aromatic carbocycles. The van der Waals surface area contributed by atoms with E-state index in [2.05, 4.69) is 19.0 Å². The summed E-state index contributed by atoms with van der Waals surface area (Å²) < 4.78 is 8.37. The van der Waals surface area contributed by atoms with E-state index in [0.717, 1.165) is 17.3 Å². The molecule has 0 aliphatic carbocycles. The smallest absolute Gasteiger partial charge is 0.153 e. The predicted octanol–water partition coefficient (Wildman–Crippen LogP) is 4.03. The van der Waals surface area contributed by atoms with E-state index in [1.165, 1.54) is 0 Å². The summed E-state index contributed by atoms with van der Waals surface area (Å²) >= 11 is 13.4. The van der Waals surface area contributed by atoms with Crippen molar-refractivity contribution >= 4 is 63.2 Å². The fourth-order valence-corrected chi connectivity index (χ4v) is 2.94. The van der Waals surface area contributed by atoms with Crippen LogP contribution in [0.4, 0.5) is 17.2 Å². The quantitative estimate of drug-likeness (QED) is 0.743. The van der Waals surface area contributed by atoms with E-state index >= 15 is 0 Å². The number of nitrogens with two attached hydrogens (primary N) is 1. The SMILES string of the molecule is Cc1ccnc(Nc2c(Cl)cc(Cl)c3nsnc23)c1N. The lowest BCUT2D eigenvalue weighted by Crippen LogP contribution is -2.02. The Balaban J connectivity index is 2.16. The second kappa shape index (κ2) is 5.05. The Labute approximate surface area is 129 Å². The Bertz CT molecular complexity index is 802. The van der Waals surface area contributed by atoms with Crippen LogP contribution in [-0.4, -0.2) is 13.7 Å². The van der Waals surface area contributed by atoms with Gasteiger partial charge < -0.3 is 11.1 Å². The maximum absolute atomic E-state index is 6.23. The summed E-state index contributed by atoms with van der Waals surface area (Å²) in [5.74, 6) is 0.531. The number of halogens is 2. The van der Waals surface area contributed by atoms with Crippen molar-refractivity contribution in [1.82, 2.24) is 13.7 Å². The maximum atomic E-state index is 6.23. The van der Waals surface area contributed by atoms with Crippen LogP contribution in [0.2, 0.25) is 10.0 Å². The number of benzene rings is 1. The molecule has 0 amide bonds. The fraction of sp³-hybridized carbons (Fsp3) is 0.0833. The molecule has 8 heteroatoms. The fourth-order valence-electron chi connectivity index (χ4n) is 1.78. The van der Waals surface area contributed by atoms with Gasteiger partial charge in [-0.1, -0.05) is 23.2 Å². The Morgan fingerprint density at radius 2 is 1.95 bits per heavy atom. The molecule has 0 fully saturated rings. The number of rotatable bonds is 2. The van der Waals surface area contributed by atoms with Gasteiger partial charge in [0, 0.05) is 6.20 Å². The van der Waals surface area contributed by atoms with Crippen LogP contribution in [0.25, 0.3) is 11.0 Å². The summed E-state index contributed by atoms with van der Waals surface area (Å²) in [7, 11) is 0. The number of nitrogen functional groups attached to an aromatic ring is 1. The third-order valence-electron chi connectivity index (χ3n) is 2.90. The number of hydrogen-bond acceptors (Lipinski definition) is 6. The van der Waals surface area contributed by atoms with Crippen LogP contribution in [0, 0.1) is 6.92 Å². The molecule has 0 saturated heterocycles. The standard InChI is InChI=1S/C12H9Cl2N5S/c1-5-2-3-16-12(8(5)15)17-9-6(13)4-7(14)10-11(9)19-20-18-10/h2-4H,15H2,1H3,(H,16,17). The van der Waals surface area contributed by atoms with Crippen LogP contribution >= 0.6 is 34.9 Å². The number of aromatic nitrogens is 3. The molecule has 2 aromatic heterocycles. The molecule has 3 aromatic rings. The van der Waals surface area contributed by atoms with Crippen LogP contribution in [0.15, 0.2) is 18.3 Å². The molecule has 20 heavy (non-hydrogen) atoms. The van der Waals surface area contributed by atoms with Gasteiger partial charge in [-0.15, -0.1) is 0 Å². The van der Waals surface area contributed by atoms with Gasteiger partial charge in [0.15, 0.2) is 5.82 Å². The molecule has 0 aliphatic heterocycles. The van der Waals surface area contributed by atoms with E-state index < -0.39 is 0 Å². The molecule has 3 rings (SSSR count). The van der Waals surface area contributed by atoms with Crippen LogP contribution < -0.4 is 11.1 Å². The van der Waals surface area contributed by atoms with Gasteiger partial charge in [-0.2, -0.15) is 8.75 Å². The molecule has 0 saturated carbocycles. The lowest BCUT2D eigenvalue weighted by molar-refractivity contribution is 1.28. The molecule has 0 atom stereocenters. The van der Waals surface area contributed by atoms with Crippen molar-refractivity contribution in [3.05, 3.63) is 33.9 Å². The third kappa shape index (κ3) is 2.15. The van der Waals surface area contributed by atoms with Crippen molar-refractivity contribution in [2.75, 3.05) is 11.1 Å². The van der Waals surface area contributed by atoms with Gasteiger partial charge in [0.2, 0.25) is 0 Å². The lowest BCUT2D eigenvalue weighted by atomic mass is 10.2. The topological polar surface area (TPSA) is 76.7 Å². The monoisotopic (exact) mass is 325 g/mol. The normalized spacial score (nSPS) is 10.9. The molecule has 0 aliphatic rings. The molecule has 0 spiro atoms. The van der Waals surface area contributed by atoms with Crippen LogP contribution in [0.3, 0.4) is 0 Å². The maximum Gasteiger partial charge on any atom is 0.153 e. The first-order chi connectivity index (χ1) is 9.58. The van der Waals surface area contributed by atoms with E-state index in [9.17, 15) is 0 Å². The Hall–Kier alpha value is -1.63. The number of nitrogens with zero attached hydrogens (tertiary/aromatic N) is 3. The Kier molecular flexibility index (Phi) is 3.37. The van der Waals surface area contributed by atoms with Gasteiger partial charge in [-0.3, -0.25) is 0 Å². The number of aryl methyl sites for hydroxylation is 1. The molecule has 3 N–H and O–H groups in total. The highest BCUT2D eigenvalue weighted by molar-refractivity contribution is 7.00. The van der Waals surface area contributed by atoms with Crippen LogP contribution in [0.1, 0.15) is 5.56 Å². The lowest BCUT2D eigenvalue weighted by Gasteiger charge is -2.11. The zero-order chi connectivity index (χ0) is 14.3. The highest BCUT2D eigenvalue weighted by Crippen LogP contribution is 2.37. The zero-order valence-corrected chi connectivity index (χ0v) is 12.6. The van der Waals surface area contributed by atoms with Crippen molar-refractivity contribution in [2.24, 2.45) is 0 Å².